The summed E-state index contributed by atoms with van der Waals surface area (Å²) in [7, 11) is -0.0142. The molecule has 0 aromatic rings. The molecule has 0 bridgehead atoms. The van der Waals surface area contributed by atoms with Crippen LogP contribution in [0.4, 0.5) is 0 Å². The van der Waals surface area contributed by atoms with Crippen molar-refractivity contribution in [2.24, 2.45) is 11.8 Å². The minimum atomic E-state index is -0.181. The topological polar surface area (TPSA) is 30.5 Å². The molecule has 1 unspecified atom stereocenters. The van der Waals surface area contributed by atoms with Gasteiger partial charge in [-0.05, 0) is 65.4 Å². The van der Waals surface area contributed by atoms with E-state index in [2.05, 4.69) is 39.9 Å². The van der Waals surface area contributed by atoms with Crippen molar-refractivity contribution >= 4 is 7.12 Å². The Morgan fingerprint density at radius 3 is 2.22 bits per heavy atom. The fourth-order valence-electron chi connectivity index (χ4n) is 2.88. The minimum Gasteiger partial charge on any atom is -0.403 e. The molecule has 2 aliphatic heterocycles. The second-order valence-electron chi connectivity index (χ2n) is 7.01. The van der Waals surface area contributed by atoms with Crippen LogP contribution in [0.15, 0.2) is 0 Å². The molecule has 2 aliphatic rings. The monoisotopic (exact) mass is 253 g/mol. The van der Waals surface area contributed by atoms with E-state index in [9.17, 15) is 0 Å². The number of nitrogens with one attached hydrogen (secondary N) is 1. The van der Waals surface area contributed by atoms with E-state index in [0.717, 1.165) is 18.2 Å². The lowest BCUT2D eigenvalue weighted by atomic mass is 9.80. The molecule has 2 heterocycles. The molecule has 0 aliphatic carbocycles. The van der Waals surface area contributed by atoms with Crippen LogP contribution in [-0.4, -0.2) is 31.4 Å². The van der Waals surface area contributed by atoms with Gasteiger partial charge in [-0.3, -0.25) is 0 Å². The molecule has 2 rings (SSSR count). The van der Waals surface area contributed by atoms with Crippen molar-refractivity contribution in [3.05, 3.63) is 0 Å². The average Bonchev–Trinajstić information content (AvgIpc) is 2.70. The summed E-state index contributed by atoms with van der Waals surface area (Å²) in [5.74, 6) is 1.66. The maximum Gasteiger partial charge on any atom is 0.457 e. The highest BCUT2D eigenvalue weighted by Gasteiger charge is 2.50. The normalized spacial score (nSPS) is 34.2. The van der Waals surface area contributed by atoms with Crippen LogP contribution in [0.1, 0.15) is 47.5 Å². The fraction of sp³-hybridized carbons (Fsp3) is 1.00. The van der Waals surface area contributed by atoms with Gasteiger partial charge < -0.3 is 14.6 Å². The third-order valence-corrected chi connectivity index (χ3v) is 4.99. The van der Waals surface area contributed by atoms with Gasteiger partial charge in [-0.25, -0.2) is 0 Å². The lowest BCUT2D eigenvalue weighted by molar-refractivity contribution is 0.00578. The standard InChI is InChI=1S/C14H28BNO2/c1-11-9-16-10-12(11)7-6-8-15-17-13(2,3)14(4,5)18-15/h11-12,16H,6-10H2,1-5H3/t11-,12?/m1/s1. The van der Waals surface area contributed by atoms with E-state index in [1.54, 1.807) is 0 Å². The summed E-state index contributed by atoms with van der Waals surface area (Å²) in [5, 5.41) is 3.46. The fourth-order valence-corrected chi connectivity index (χ4v) is 2.88. The Morgan fingerprint density at radius 2 is 1.72 bits per heavy atom. The molecule has 0 radical (unpaired) electrons. The molecule has 18 heavy (non-hydrogen) atoms. The molecular weight excluding hydrogens is 225 g/mol. The van der Waals surface area contributed by atoms with E-state index in [0.29, 0.717) is 0 Å². The van der Waals surface area contributed by atoms with Gasteiger partial charge in [-0.1, -0.05) is 13.3 Å². The highest BCUT2D eigenvalue weighted by Crippen LogP contribution is 2.38. The van der Waals surface area contributed by atoms with Crippen molar-refractivity contribution in [2.75, 3.05) is 13.1 Å². The zero-order valence-corrected chi connectivity index (χ0v) is 12.6. The van der Waals surface area contributed by atoms with Crippen LogP contribution in [0.3, 0.4) is 0 Å². The van der Waals surface area contributed by atoms with Gasteiger partial charge in [0.05, 0.1) is 11.2 Å². The van der Waals surface area contributed by atoms with Gasteiger partial charge >= 0.3 is 7.12 Å². The molecule has 2 saturated heterocycles. The highest BCUT2D eigenvalue weighted by molar-refractivity contribution is 6.45. The lowest BCUT2D eigenvalue weighted by Crippen LogP contribution is -2.41. The first kappa shape index (κ1) is 14.4. The van der Waals surface area contributed by atoms with Gasteiger partial charge in [0.1, 0.15) is 0 Å². The number of rotatable bonds is 4. The van der Waals surface area contributed by atoms with Crippen LogP contribution >= 0.6 is 0 Å². The Bertz CT molecular complexity index is 278. The van der Waals surface area contributed by atoms with Crippen molar-refractivity contribution in [1.82, 2.24) is 5.32 Å². The number of hydrogen-bond acceptors (Lipinski definition) is 3. The Labute approximate surface area is 112 Å². The van der Waals surface area contributed by atoms with E-state index in [1.807, 2.05) is 0 Å². The molecule has 0 saturated carbocycles. The minimum absolute atomic E-state index is 0.0142. The van der Waals surface area contributed by atoms with Gasteiger partial charge in [0, 0.05) is 0 Å². The molecule has 4 heteroatoms. The second-order valence-corrected chi connectivity index (χ2v) is 7.01. The maximum atomic E-state index is 6.02. The van der Waals surface area contributed by atoms with Crippen LogP contribution in [0.2, 0.25) is 6.32 Å². The molecule has 0 spiro atoms. The molecule has 0 aromatic heterocycles. The largest absolute Gasteiger partial charge is 0.457 e. The average molecular weight is 253 g/mol. The van der Waals surface area contributed by atoms with Crippen molar-refractivity contribution in [2.45, 2.75) is 65.0 Å². The quantitative estimate of drug-likeness (QED) is 0.781. The first-order valence-electron chi connectivity index (χ1n) is 7.38. The first-order chi connectivity index (χ1) is 8.32. The summed E-state index contributed by atoms with van der Waals surface area (Å²) < 4.78 is 12.0. The van der Waals surface area contributed by atoms with Crippen LogP contribution in [0.5, 0.6) is 0 Å². The van der Waals surface area contributed by atoms with Gasteiger partial charge in [-0.2, -0.15) is 0 Å². The van der Waals surface area contributed by atoms with Gasteiger partial charge in [-0.15, -0.1) is 0 Å². The summed E-state index contributed by atoms with van der Waals surface area (Å²) in [5.41, 5.74) is -0.361. The van der Waals surface area contributed by atoms with E-state index < -0.39 is 0 Å². The van der Waals surface area contributed by atoms with Crippen molar-refractivity contribution in [3.8, 4) is 0 Å². The van der Waals surface area contributed by atoms with Gasteiger partial charge in [0.2, 0.25) is 0 Å². The maximum absolute atomic E-state index is 6.02. The van der Waals surface area contributed by atoms with Crippen molar-refractivity contribution in [1.29, 1.82) is 0 Å². The van der Waals surface area contributed by atoms with Crippen LogP contribution in [-0.2, 0) is 9.31 Å². The predicted molar refractivity (Wildman–Crippen MR) is 75.6 cm³/mol. The summed E-state index contributed by atoms with van der Waals surface area (Å²) in [6.07, 6.45) is 3.52. The molecule has 2 atom stereocenters. The molecule has 104 valence electrons. The Hall–Kier alpha value is -0.0551. The Kier molecular flexibility index (Phi) is 4.10. The number of hydrogen-bond donors (Lipinski definition) is 1. The van der Waals surface area contributed by atoms with Crippen LogP contribution in [0.25, 0.3) is 0 Å². The van der Waals surface area contributed by atoms with E-state index in [-0.39, 0.29) is 18.3 Å². The molecule has 3 nitrogen and oxygen atoms in total. The molecule has 1 N–H and O–H groups in total. The summed E-state index contributed by atoms with van der Waals surface area (Å²) in [6, 6.07) is 0. The molecule has 2 fully saturated rings. The third kappa shape index (κ3) is 2.92. The van der Waals surface area contributed by atoms with E-state index in [1.165, 1.54) is 25.9 Å². The van der Waals surface area contributed by atoms with E-state index >= 15 is 0 Å². The second kappa shape index (κ2) is 5.14. The first-order valence-corrected chi connectivity index (χ1v) is 7.38. The zero-order valence-electron chi connectivity index (χ0n) is 12.6. The predicted octanol–water partition coefficient (Wildman–Crippen LogP) is 2.71. The van der Waals surface area contributed by atoms with Crippen molar-refractivity contribution in [3.63, 3.8) is 0 Å². The summed E-state index contributed by atoms with van der Waals surface area (Å²) in [4.78, 5) is 0. The van der Waals surface area contributed by atoms with Crippen molar-refractivity contribution < 1.29 is 9.31 Å². The SMILES string of the molecule is C[C@@H]1CNCC1CCCB1OC(C)(C)C(C)(C)O1. The van der Waals surface area contributed by atoms with Crippen LogP contribution < -0.4 is 5.32 Å². The summed E-state index contributed by atoms with van der Waals surface area (Å²) >= 11 is 0. The Balaban J connectivity index is 1.72. The van der Waals surface area contributed by atoms with E-state index in [4.69, 9.17) is 9.31 Å². The zero-order chi connectivity index (χ0) is 13.4. The third-order valence-electron chi connectivity index (χ3n) is 4.99. The smallest absolute Gasteiger partial charge is 0.403 e. The molecular formula is C14H28BNO2. The molecule has 0 amide bonds. The van der Waals surface area contributed by atoms with Gasteiger partial charge in [0.25, 0.3) is 0 Å². The van der Waals surface area contributed by atoms with Crippen LogP contribution in [0, 0.1) is 11.8 Å². The van der Waals surface area contributed by atoms with Gasteiger partial charge in [0.15, 0.2) is 0 Å². The summed E-state index contributed by atoms with van der Waals surface area (Å²) in [6.45, 7) is 13.2. The lowest BCUT2D eigenvalue weighted by Gasteiger charge is -2.32. The Morgan fingerprint density at radius 1 is 1.11 bits per heavy atom. The molecule has 0 aromatic carbocycles. The highest BCUT2D eigenvalue weighted by atomic mass is 16.7.